The average molecular weight is 1600 g/mol. The summed E-state index contributed by atoms with van der Waals surface area (Å²) in [5, 5.41) is 20.4. The van der Waals surface area contributed by atoms with Crippen molar-refractivity contribution in [1.29, 1.82) is 5.26 Å². The highest BCUT2D eigenvalue weighted by Crippen LogP contribution is 2.38. The van der Waals surface area contributed by atoms with E-state index in [2.05, 4.69) is 44.6 Å². The fourth-order valence-corrected chi connectivity index (χ4v) is 12.4. The number of carbonyl (C=O) groups excluding carboxylic acids is 12. The van der Waals surface area contributed by atoms with E-state index in [4.69, 9.17) is 50.0 Å². The van der Waals surface area contributed by atoms with Gasteiger partial charge in [-0.3, -0.25) is 110 Å². The number of benzene rings is 6. The molecule has 5 aliphatic heterocycles. The van der Waals surface area contributed by atoms with Crippen molar-refractivity contribution in [2.24, 2.45) is 27.6 Å². The summed E-state index contributed by atoms with van der Waals surface area (Å²) < 4.78 is 58.5. The summed E-state index contributed by atoms with van der Waals surface area (Å²) >= 11 is 5.85. The number of hydrogen-bond acceptors (Lipinski definition) is 27. The summed E-state index contributed by atoms with van der Waals surface area (Å²) in [6, 6.07) is 44.8. The SMILES string of the molecule is CC(=O)Nc1ccc(C2C(C)C(=O)NN2c2cccc(C)c2)cc1.CC(=O)OCC1(COC(C)=O)CN(c2ccc(Cl)cc2)NC1=O.CC(=O)OCC1(COC(C)=O)CN(c2cccc(S(C)(=O)=O)c2)NC1=O.CC1(C)CN(c2ccc(C#N)cc2)NC1=O.COc1ccc(N2CC(COC(C)=O)(COC(C)=O)C(=O)N2)cc1. The first-order valence-electron chi connectivity index (χ1n) is 35.1. The van der Waals surface area contributed by atoms with Gasteiger partial charge in [-0.15, -0.1) is 0 Å². The van der Waals surface area contributed by atoms with Gasteiger partial charge in [0.1, 0.15) is 61.6 Å². The lowest BCUT2D eigenvalue weighted by Crippen LogP contribution is -2.42. The van der Waals surface area contributed by atoms with Crippen LogP contribution in [-0.4, -0.2) is 159 Å². The molecule has 6 aromatic rings. The van der Waals surface area contributed by atoms with Gasteiger partial charge in [-0.05, 0) is 147 Å². The Morgan fingerprint density at radius 1 is 0.504 bits per heavy atom. The molecule has 11 rings (SSSR count). The number of rotatable bonds is 21. The number of methoxy groups -OCH3 is 1. The molecule has 113 heavy (non-hydrogen) atoms. The van der Waals surface area contributed by atoms with Gasteiger partial charge in [-0.1, -0.05) is 48.9 Å². The Bertz CT molecular complexity index is 4610. The van der Waals surface area contributed by atoms with Gasteiger partial charge in [-0.2, -0.15) is 5.26 Å². The van der Waals surface area contributed by atoms with Crippen molar-refractivity contribution in [1.82, 2.24) is 27.1 Å². The number of anilines is 6. The number of halogens is 1. The van der Waals surface area contributed by atoms with E-state index < -0.39 is 67.8 Å². The summed E-state index contributed by atoms with van der Waals surface area (Å²) in [5.41, 5.74) is 17.1. The summed E-state index contributed by atoms with van der Waals surface area (Å²) in [7, 11) is -1.85. The molecule has 5 fully saturated rings. The highest BCUT2D eigenvalue weighted by molar-refractivity contribution is 7.90. The lowest BCUT2D eigenvalue weighted by Gasteiger charge is -2.27. The van der Waals surface area contributed by atoms with Crippen LogP contribution < -0.4 is 62.2 Å². The normalized spacial score (nSPS) is 17.1. The van der Waals surface area contributed by atoms with Crippen LogP contribution >= 0.6 is 11.6 Å². The van der Waals surface area contributed by atoms with E-state index in [0.29, 0.717) is 28.6 Å². The van der Waals surface area contributed by atoms with Gasteiger partial charge in [0.15, 0.2) is 9.84 Å². The van der Waals surface area contributed by atoms with Gasteiger partial charge in [0, 0.05) is 65.4 Å². The number of nitriles is 1. The highest BCUT2D eigenvalue weighted by atomic mass is 35.5. The van der Waals surface area contributed by atoms with Crippen LogP contribution in [0.3, 0.4) is 0 Å². The van der Waals surface area contributed by atoms with Crippen molar-refractivity contribution in [3.05, 3.63) is 167 Å². The van der Waals surface area contributed by atoms with Crippen molar-refractivity contribution in [2.75, 3.05) is 110 Å². The van der Waals surface area contributed by atoms with Crippen LogP contribution in [0.2, 0.25) is 5.02 Å². The van der Waals surface area contributed by atoms with Gasteiger partial charge < -0.3 is 38.5 Å². The molecule has 6 aromatic carbocycles. The fourth-order valence-electron chi connectivity index (χ4n) is 11.6. The van der Waals surface area contributed by atoms with E-state index >= 15 is 0 Å². The molecule has 602 valence electrons. The Balaban J connectivity index is 0.000000197. The van der Waals surface area contributed by atoms with Crippen LogP contribution in [-0.2, 0) is 95.8 Å². The van der Waals surface area contributed by atoms with E-state index in [1.165, 1.54) is 65.6 Å². The zero-order chi connectivity index (χ0) is 83.3. The Morgan fingerprint density at radius 2 is 0.885 bits per heavy atom. The summed E-state index contributed by atoms with van der Waals surface area (Å²) in [4.78, 5) is 139. The second-order valence-electron chi connectivity index (χ2n) is 27.8. The van der Waals surface area contributed by atoms with Gasteiger partial charge in [0.25, 0.3) is 17.7 Å². The van der Waals surface area contributed by atoms with E-state index in [9.17, 15) is 66.0 Å². The van der Waals surface area contributed by atoms with E-state index in [-0.39, 0.29) is 111 Å². The molecular weight excluding hydrogens is 1510 g/mol. The minimum absolute atomic E-state index is 0.00689. The minimum atomic E-state index is -3.42. The Kier molecular flexibility index (Phi) is 29.8. The lowest BCUT2D eigenvalue weighted by molar-refractivity contribution is -0.156. The molecule has 0 bridgehead atoms. The molecule has 0 saturated carbocycles. The second-order valence-corrected chi connectivity index (χ2v) is 30.3. The molecule has 2 atom stereocenters. The molecule has 0 radical (unpaired) electrons. The quantitative estimate of drug-likeness (QED) is 0.0325. The maximum atomic E-state index is 12.5. The predicted octanol–water partition coefficient (Wildman–Crippen LogP) is 6.63. The number of hydrogen-bond donors (Lipinski definition) is 6. The third kappa shape index (κ3) is 24.2. The van der Waals surface area contributed by atoms with Crippen molar-refractivity contribution in [3.63, 3.8) is 0 Å². The maximum absolute atomic E-state index is 12.5. The predicted molar refractivity (Wildman–Crippen MR) is 412 cm³/mol. The van der Waals surface area contributed by atoms with E-state index in [1.54, 1.807) is 89.9 Å². The molecule has 5 heterocycles. The maximum Gasteiger partial charge on any atom is 0.302 e. The fraction of sp³-hybridized carbons (Fsp3) is 0.372. The van der Waals surface area contributed by atoms with Crippen LogP contribution in [0.25, 0.3) is 0 Å². The molecule has 5 saturated heterocycles. The van der Waals surface area contributed by atoms with Gasteiger partial charge in [0.05, 0.1) is 95.6 Å². The summed E-state index contributed by atoms with van der Waals surface area (Å²) in [6.07, 6.45) is 1.08. The highest BCUT2D eigenvalue weighted by Gasteiger charge is 2.52. The largest absolute Gasteiger partial charge is 0.497 e. The molecule has 5 aliphatic rings. The number of nitrogens with one attached hydrogen (secondary N) is 6. The zero-order valence-corrected chi connectivity index (χ0v) is 66.2. The molecule has 0 aliphatic carbocycles. The molecule has 35 heteroatoms. The standard InChI is InChI=1S/C19H21N3O2.C16H20N2O7S.C16H20N2O6.C15H17ClN2O5.C12H13N3O/c1-12-5-4-6-17(11-12)22-18(13(2)19(24)21-22)15-7-9-16(10-8-15)20-14(3)23;1-11(19)24-9-16(10-25-12(2)20)8-18(17-15(16)21)13-5-4-6-14(7-13)26(3,22)23;1-11(19)23-9-16(10-24-12(2)20)8-18(17-15(16)21)13-4-6-14(22-3)7-5-13;1-10(19)22-8-15(9-23-11(2)20)7-18(17-14(15)21)13-5-3-12(16)4-6-13;1-12(2)8-15(14-11(12)16)10-5-3-9(7-13)4-6-10/h4-11,13,18H,1-3H3,(H,20,23)(H,21,24);4-7H,8-10H2,1-3H3,(H,17,21);4-7H,8-10H2,1-3H3,(H,17,21);3-6H,7-9H2,1-2H3,(H,17,21);3-6H,8H2,1-2H3,(H,14,16). The molecule has 2 unspecified atom stereocenters. The molecule has 0 spiro atoms. The van der Waals surface area contributed by atoms with Crippen LogP contribution in [0.15, 0.2) is 150 Å². The van der Waals surface area contributed by atoms with E-state index in [1.807, 2.05) is 92.3 Å². The van der Waals surface area contributed by atoms with Crippen LogP contribution in [0.1, 0.15) is 92.0 Å². The van der Waals surface area contributed by atoms with Gasteiger partial charge in [0.2, 0.25) is 17.7 Å². The first kappa shape index (κ1) is 87.7. The number of esters is 6. The smallest absolute Gasteiger partial charge is 0.302 e. The van der Waals surface area contributed by atoms with Crippen LogP contribution in [0.5, 0.6) is 5.75 Å². The van der Waals surface area contributed by atoms with Crippen molar-refractivity contribution in [2.45, 2.75) is 87.1 Å². The topological polar surface area (TPSA) is 416 Å². The zero-order valence-electron chi connectivity index (χ0n) is 64.6. The summed E-state index contributed by atoms with van der Waals surface area (Å²) in [6.45, 7) is 16.5. The number of carbonyl (C=O) groups is 12. The Hall–Kier alpha value is -12.5. The van der Waals surface area contributed by atoms with E-state index in [0.717, 1.165) is 45.8 Å². The second kappa shape index (κ2) is 38.4. The number of sulfone groups is 1. The third-order valence-corrected chi connectivity index (χ3v) is 19.3. The Labute approximate surface area is 658 Å². The molecular formula is C78H91ClN12O21S. The van der Waals surface area contributed by atoms with Crippen LogP contribution in [0, 0.1) is 45.8 Å². The van der Waals surface area contributed by atoms with Crippen molar-refractivity contribution < 1.29 is 99.1 Å². The van der Waals surface area contributed by atoms with Crippen molar-refractivity contribution in [3.8, 4) is 11.8 Å². The first-order chi connectivity index (χ1) is 53.2. The Morgan fingerprint density at radius 3 is 1.26 bits per heavy atom. The number of hydrazine groups is 5. The minimum Gasteiger partial charge on any atom is -0.497 e. The molecule has 6 N–H and O–H groups in total. The van der Waals surface area contributed by atoms with Gasteiger partial charge in [-0.25, -0.2) is 8.42 Å². The first-order valence-corrected chi connectivity index (χ1v) is 37.4. The van der Waals surface area contributed by atoms with Gasteiger partial charge >= 0.3 is 35.8 Å². The molecule has 6 amide bonds. The average Bonchev–Trinajstić information content (AvgIpc) is 1.66. The monoisotopic (exact) mass is 1600 g/mol. The molecule has 0 aromatic heterocycles. The summed E-state index contributed by atoms with van der Waals surface area (Å²) in [5.74, 6) is -3.97. The number of aryl methyl sites for hydroxylation is 1. The van der Waals surface area contributed by atoms with Crippen molar-refractivity contribution >= 4 is 127 Å². The molecule has 33 nitrogen and oxygen atoms in total. The lowest BCUT2D eigenvalue weighted by atomic mass is 9.90. The number of nitrogens with zero attached hydrogens (tertiary/aromatic N) is 6. The number of amides is 6. The number of ether oxygens (including phenoxy) is 7. The third-order valence-electron chi connectivity index (χ3n) is 17.9. The van der Waals surface area contributed by atoms with Crippen LogP contribution in [0.4, 0.5) is 34.1 Å².